The van der Waals surface area contributed by atoms with Gasteiger partial charge in [0.2, 0.25) is 0 Å². The molecule has 2 N–H and O–H groups in total. The Hall–Kier alpha value is -1.96. The fourth-order valence-electron chi connectivity index (χ4n) is 2.24. The smallest absolute Gasteiger partial charge is 0.308 e. The maximum Gasteiger partial charge on any atom is 0.308 e. The van der Waals surface area contributed by atoms with Gasteiger partial charge in [0, 0.05) is 13.1 Å². The number of hydrogen-bond acceptors (Lipinski definition) is 6. The number of rotatable bonds is 2. The fraction of sp³-hybridized carbons (Fsp3) is 0.455. The Morgan fingerprint density at radius 3 is 3.16 bits per heavy atom. The van der Waals surface area contributed by atoms with Crippen molar-refractivity contribution in [2.75, 3.05) is 18.0 Å². The lowest BCUT2D eigenvalue weighted by Crippen LogP contribution is -2.38. The van der Waals surface area contributed by atoms with Crippen LogP contribution in [0.2, 0.25) is 0 Å². The van der Waals surface area contributed by atoms with Gasteiger partial charge in [-0.05, 0) is 12.8 Å². The summed E-state index contributed by atoms with van der Waals surface area (Å²) in [7, 11) is 0. The third-order valence-corrected chi connectivity index (χ3v) is 4.33. The molecule has 1 saturated heterocycles. The molecule has 3 rings (SSSR count). The maximum absolute atomic E-state index is 11.6. The Balaban J connectivity index is 1.93. The summed E-state index contributed by atoms with van der Waals surface area (Å²) in [5.74, 6) is -1.14. The number of nitrogens with one attached hydrogen (secondary N) is 1. The van der Waals surface area contributed by atoms with Crippen LogP contribution in [-0.2, 0) is 4.79 Å². The summed E-state index contributed by atoms with van der Waals surface area (Å²) in [5, 5.41) is 9.75. The third-order valence-electron chi connectivity index (χ3n) is 3.23. The number of thiazole rings is 1. The van der Waals surface area contributed by atoms with E-state index in [-0.39, 0.29) is 11.5 Å². The minimum absolute atomic E-state index is 0.208. The van der Waals surface area contributed by atoms with Gasteiger partial charge < -0.3 is 15.0 Å². The van der Waals surface area contributed by atoms with E-state index in [0.717, 1.165) is 13.0 Å². The molecule has 1 atom stereocenters. The van der Waals surface area contributed by atoms with Crippen LogP contribution in [0.5, 0.6) is 0 Å². The van der Waals surface area contributed by atoms with E-state index in [2.05, 4.69) is 15.0 Å². The van der Waals surface area contributed by atoms with Gasteiger partial charge in [-0.15, -0.1) is 0 Å². The van der Waals surface area contributed by atoms with E-state index in [1.165, 1.54) is 17.7 Å². The van der Waals surface area contributed by atoms with Gasteiger partial charge in [-0.3, -0.25) is 9.59 Å². The molecule has 8 heteroatoms. The normalized spacial score (nSPS) is 19.8. The van der Waals surface area contributed by atoms with Gasteiger partial charge in [0.25, 0.3) is 5.56 Å². The first-order chi connectivity index (χ1) is 9.15. The molecule has 0 aliphatic carbocycles. The highest BCUT2D eigenvalue weighted by atomic mass is 32.1. The van der Waals surface area contributed by atoms with E-state index in [1.807, 2.05) is 4.90 Å². The zero-order valence-corrected chi connectivity index (χ0v) is 10.8. The molecule has 1 fully saturated rings. The van der Waals surface area contributed by atoms with E-state index in [1.54, 1.807) is 0 Å². The van der Waals surface area contributed by atoms with Gasteiger partial charge in [0.05, 0.1) is 12.2 Å². The van der Waals surface area contributed by atoms with E-state index >= 15 is 0 Å². The van der Waals surface area contributed by atoms with Crippen LogP contribution in [0.4, 0.5) is 5.13 Å². The lowest BCUT2D eigenvalue weighted by atomic mass is 9.99. The van der Waals surface area contributed by atoms with Gasteiger partial charge in [-0.1, -0.05) is 11.3 Å². The second kappa shape index (κ2) is 4.61. The standard InChI is InChI=1S/C11H12N4O3S/c16-9-7-8(12-5-13-9)14-11(19-7)15-3-1-2-6(4-15)10(17)18/h5-6H,1-4H2,(H,17,18)(H,12,13,16)/t6-/m1/s1. The first-order valence-corrected chi connectivity index (χ1v) is 6.79. The molecule has 3 heterocycles. The van der Waals surface area contributed by atoms with Crippen LogP contribution in [0.15, 0.2) is 11.1 Å². The number of carboxylic acid groups (broad SMARTS) is 1. The number of H-pyrrole nitrogens is 1. The van der Waals surface area contributed by atoms with E-state index in [0.29, 0.717) is 28.4 Å². The van der Waals surface area contributed by atoms with E-state index < -0.39 is 5.97 Å². The minimum Gasteiger partial charge on any atom is -0.481 e. The third kappa shape index (κ3) is 2.19. The summed E-state index contributed by atoms with van der Waals surface area (Å²) in [4.78, 5) is 35.4. The molecule has 100 valence electrons. The summed E-state index contributed by atoms with van der Waals surface area (Å²) in [6.07, 6.45) is 2.83. The number of aliphatic carboxylic acids is 1. The molecular formula is C11H12N4O3S. The number of aromatic amines is 1. The predicted molar refractivity (Wildman–Crippen MR) is 70.6 cm³/mol. The molecule has 19 heavy (non-hydrogen) atoms. The zero-order chi connectivity index (χ0) is 13.4. The molecule has 1 aliphatic rings. The highest BCUT2D eigenvalue weighted by Crippen LogP contribution is 2.29. The molecule has 2 aromatic rings. The molecule has 2 aromatic heterocycles. The number of nitrogens with zero attached hydrogens (tertiary/aromatic N) is 3. The van der Waals surface area contributed by atoms with Crippen LogP contribution >= 0.6 is 11.3 Å². The molecule has 0 saturated carbocycles. The van der Waals surface area contributed by atoms with Crippen molar-refractivity contribution >= 4 is 32.8 Å². The summed E-state index contributed by atoms with van der Waals surface area (Å²) < 4.78 is 0.481. The van der Waals surface area contributed by atoms with Crippen molar-refractivity contribution in [3.63, 3.8) is 0 Å². The van der Waals surface area contributed by atoms with Crippen molar-refractivity contribution in [3.05, 3.63) is 16.7 Å². The Bertz CT molecular complexity index is 680. The Morgan fingerprint density at radius 2 is 2.42 bits per heavy atom. The van der Waals surface area contributed by atoms with Crippen molar-refractivity contribution in [1.82, 2.24) is 15.0 Å². The quantitative estimate of drug-likeness (QED) is 0.839. The second-order valence-electron chi connectivity index (χ2n) is 4.50. The molecule has 0 amide bonds. The van der Waals surface area contributed by atoms with E-state index in [4.69, 9.17) is 5.11 Å². The molecule has 0 aromatic carbocycles. The van der Waals surface area contributed by atoms with Crippen molar-refractivity contribution in [2.24, 2.45) is 5.92 Å². The highest BCUT2D eigenvalue weighted by molar-refractivity contribution is 7.22. The Kier molecular flexibility index (Phi) is 2.94. The largest absolute Gasteiger partial charge is 0.481 e. The van der Waals surface area contributed by atoms with Crippen molar-refractivity contribution in [3.8, 4) is 0 Å². The first-order valence-electron chi connectivity index (χ1n) is 5.97. The minimum atomic E-state index is -0.776. The fourth-order valence-corrected chi connectivity index (χ4v) is 3.19. The predicted octanol–water partition coefficient (Wildman–Crippen LogP) is 0.681. The molecule has 7 nitrogen and oxygen atoms in total. The average Bonchev–Trinajstić information content (AvgIpc) is 2.84. The number of carboxylic acids is 1. The maximum atomic E-state index is 11.6. The summed E-state index contributed by atoms with van der Waals surface area (Å²) in [6, 6.07) is 0. The number of piperidine rings is 1. The van der Waals surface area contributed by atoms with Crippen LogP contribution in [0.25, 0.3) is 10.3 Å². The van der Waals surface area contributed by atoms with Crippen molar-refractivity contribution in [2.45, 2.75) is 12.8 Å². The van der Waals surface area contributed by atoms with Crippen LogP contribution in [0.1, 0.15) is 12.8 Å². The van der Waals surface area contributed by atoms with Gasteiger partial charge >= 0.3 is 5.97 Å². The lowest BCUT2D eigenvalue weighted by molar-refractivity contribution is -0.141. The number of carbonyl (C=O) groups is 1. The molecular weight excluding hydrogens is 268 g/mol. The van der Waals surface area contributed by atoms with Crippen molar-refractivity contribution < 1.29 is 9.90 Å². The van der Waals surface area contributed by atoms with Crippen LogP contribution in [0.3, 0.4) is 0 Å². The zero-order valence-electron chi connectivity index (χ0n) is 10.00. The molecule has 0 spiro atoms. The monoisotopic (exact) mass is 280 g/mol. The van der Waals surface area contributed by atoms with Crippen molar-refractivity contribution in [1.29, 1.82) is 0 Å². The topological polar surface area (TPSA) is 99.2 Å². The van der Waals surface area contributed by atoms with Gasteiger partial charge in [-0.2, -0.15) is 4.98 Å². The molecule has 0 radical (unpaired) electrons. The van der Waals surface area contributed by atoms with Gasteiger partial charge in [-0.25, -0.2) is 4.98 Å². The van der Waals surface area contributed by atoms with E-state index in [9.17, 15) is 9.59 Å². The summed E-state index contributed by atoms with van der Waals surface area (Å²) in [5.41, 5.74) is 0.210. The molecule has 1 aliphatic heterocycles. The number of anilines is 1. The van der Waals surface area contributed by atoms with Crippen LogP contribution < -0.4 is 10.5 Å². The van der Waals surface area contributed by atoms with Crippen LogP contribution in [0, 0.1) is 5.92 Å². The summed E-state index contributed by atoms with van der Waals surface area (Å²) in [6.45, 7) is 1.20. The number of fused-ring (bicyclic) bond motifs is 1. The molecule has 0 bridgehead atoms. The Labute approximate surface area is 111 Å². The molecule has 0 unspecified atom stereocenters. The number of aromatic nitrogens is 3. The second-order valence-corrected chi connectivity index (χ2v) is 5.48. The van der Waals surface area contributed by atoms with Gasteiger partial charge in [0.15, 0.2) is 10.8 Å². The summed E-state index contributed by atoms with van der Waals surface area (Å²) >= 11 is 1.26. The highest BCUT2D eigenvalue weighted by Gasteiger charge is 2.27. The van der Waals surface area contributed by atoms with Gasteiger partial charge in [0.1, 0.15) is 4.70 Å². The Morgan fingerprint density at radius 1 is 1.58 bits per heavy atom. The number of hydrogen-bond donors (Lipinski definition) is 2. The lowest BCUT2D eigenvalue weighted by Gasteiger charge is -2.30. The SMILES string of the molecule is O=C(O)[C@@H]1CCCN(c2nc3nc[nH]c(=O)c3s2)C1. The van der Waals surface area contributed by atoms with Crippen LogP contribution in [-0.4, -0.2) is 39.1 Å². The average molecular weight is 280 g/mol. The first kappa shape index (κ1) is 12.1.